The van der Waals surface area contributed by atoms with Crippen molar-refractivity contribution in [2.75, 3.05) is 6.61 Å². The molecule has 1 unspecified atom stereocenters. The van der Waals surface area contributed by atoms with Crippen molar-refractivity contribution in [3.63, 3.8) is 0 Å². The highest BCUT2D eigenvalue weighted by Crippen LogP contribution is 2.23. The first-order valence-electron chi connectivity index (χ1n) is 8.41. The molecule has 0 aliphatic carbocycles. The van der Waals surface area contributed by atoms with Crippen molar-refractivity contribution in [1.82, 2.24) is 5.01 Å². The first kappa shape index (κ1) is 19.0. The Kier molecular flexibility index (Phi) is 6.84. The molecule has 1 aliphatic rings. The third kappa shape index (κ3) is 5.62. The molecular weight excluding hydrogens is 324 g/mol. The van der Waals surface area contributed by atoms with E-state index < -0.39 is 0 Å². The van der Waals surface area contributed by atoms with Gasteiger partial charge >= 0.3 is 0 Å². The second-order valence-electron chi connectivity index (χ2n) is 7.02. The quantitative estimate of drug-likeness (QED) is 0.754. The molecule has 1 N–H and O–H groups in total. The highest BCUT2D eigenvalue weighted by atomic mass is 35.5. The Hall–Kier alpha value is -1.36. The van der Waals surface area contributed by atoms with Crippen LogP contribution in [0.25, 0.3) is 0 Å². The topological polar surface area (TPSA) is 45.1 Å². The number of unbranched alkanes of at least 4 members (excludes halogenated alkanes) is 1. The second-order valence-corrected chi connectivity index (χ2v) is 7.46. The van der Waals surface area contributed by atoms with Gasteiger partial charge in [0, 0.05) is 12.8 Å². The Morgan fingerprint density at radius 1 is 1.17 bits per heavy atom. The molecule has 0 amide bonds. The van der Waals surface area contributed by atoms with Crippen molar-refractivity contribution < 1.29 is 9.84 Å². The van der Waals surface area contributed by atoms with Gasteiger partial charge in [-0.3, -0.25) is 5.01 Å². The summed E-state index contributed by atoms with van der Waals surface area (Å²) in [5, 5.41) is 15.7. The summed E-state index contributed by atoms with van der Waals surface area (Å²) >= 11 is 6.33. The molecule has 1 atom stereocenters. The minimum Gasteiger partial charge on any atom is -0.396 e. The first-order chi connectivity index (χ1) is 11.4. The highest BCUT2D eigenvalue weighted by molar-refractivity contribution is 6.31. The van der Waals surface area contributed by atoms with Crippen LogP contribution < -0.4 is 0 Å². The van der Waals surface area contributed by atoms with Crippen LogP contribution in [-0.2, 0) is 17.8 Å². The number of aliphatic hydroxyl groups excluding tert-OH is 1. The fourth-order valence-electron chi connectivity index (χ4n) is 2.35. The summed E-state index contributed by atoms with van der Waals surface area (Å²) in [5.74, 6) is 0. The SMILES string of the molecule is CC(C)(C)N1C=C(Cl)C(OCc2ccc(CCCCO)cc2)C=N1. The molecule has 0 fully saturated rings. The van der Waals surface area contributed by atoms with Crippen molar-refractivity contribution in [2.24, 2.45) is 5.10 Å². The van der Waals surface area contributed by atoms with Gasteiger partial charge in [0.15, 0.2) is 0 Å². The van der Waals surface area contributed by atoms with E-state index in [1.54, 1.807) is 6.21 Å². The number of benzene rings is 1. The largest absolute Gasteiger partial charge is 0.396 e. The van der Waals surface area contributed by atoms with Crippen LogP contribution in [-0.4, -0.2) is 34.6 Å². The minimum atomic E-state index is -0.297. The van der Waals surface area contributed by atoms with Crippen LogP contribution in [0, 0.1) is 0 Å². The molecule has 0 saturated carbocycles. The van der Waals surface area contributed by atoms with Crippen molar-refractivity contribution in [3.05, 3.63) is 46.6 Å². The van der Waals surface area contributed by atoms with Gasteiger partial charge < -0.3 is 9.84 Å². The summed E-state index contributed by atoms with van der Waals surface area (Å²) in [6.07, 6.45) is 6.13. The summed E-state index contributed by atoms with van der Waals surface area (Å²) in [5.41, 5.74) is 2.29. The zero-order valence-electron chi connectivity index (χ0n) is 14.7. The molecule has 0 aromatic heterocycles. The Morgan fingerprint density at radius 3 is 2.42 bits per heavy atom. The predicted molar refractivity (Wildman–Crippen MR) is 99.1 cm³/mol. The van der Waals surface area contributed by atoms with Gasteiger partial charge in [-0.15, -0.1) is 0 Å². The fraction of sp³-hybridized carbons (Fsp3) is 0.526. The van der Waals surface area contributed by atoms with E-state index in [1.165, 1.54) is 5.56 Å². The van der Waals surface area contributed by atoms with Crippen LogP contribution in [0.15, 0.2) is 40.6 Å². The van der Waals surface area contributed by atoms with E-state index in [2.05, 4.69) is 50.1 Å². The lowest BCUT2D eigenvalue weighted by Crippen LogP contribution is -2.37. The highest BCUT2D eigenvalue weighted by Gasteiger charge is 2.24. The number of nitrogens with zero attached hydrogens (tertiary/aromatic N) is 2. The summed E-state index contributed by atoms with van der Waals surface area (Å²) in [4.78, 5) is 0. The molecule has 1 aromatic rings. The zero-order chi connectivity index (χ0) is 17.6. The Morgan fingerprint density at radius 2 is 1.83 bits per heavy atom. The maximum atomic E-state index is 8.82. The molecule has 1 heterocycles. The van der Waals surface area contributed by atoms with Crippen LogP contribution in [0.1, 0.15) is 44.7 Å². The number of hydrogen-bond donors (Lipinski definition) is 1. The molecule has 0 bridgehead atoms. The lowest BCUT2D eigenvalue weighted by Gasteiger charge is -2.33. The number of rotatable bonds is 7. The molecule has 24 heavy (non-hydrogen) atoms. The number of hydrogen-bond acceptors (Lipinski definition) is 4. The normalized spacial score (nSPS) is 18.0. The fourth-order valence-corrected chi connectivity index (χ4v) is 2.56. The van der Waals surface area contributed by atoms with Crippen molar-refractivity contribution >= 4 is 17.8 Å². The third-order valence-electron chi connectivity index (χ3n) is 3.86. The Balaban J connectivity index is 1.84. The van der Waals surface area contributed by atoms with Crippen LogP contribution in [0.2, 0.25) is 0 Å². The van der Waals surface area contributed by atoms with E-state index in [0.717, 1.165) is 24.8 Å². The van der Waals surface area contributed by atoms with Gasteiger partial charge in [-0.1, -0.05) is 35.9 Å². The van der Waals surface area contributed by atoms with E-state index in [1.807, 2.05) is 11.2 Å². The smallest absolute Gasteiger partial charge is 0.132 e. The lowest BCUT2D eigenvalue weighted by molar-refractivity contribution is 0.103. The van der Waals surface area contributed by atoms with Gasteiger partial charge in [0.25, 0.3) is 0 Å². The van der Waals surface area contributed by atoms with Gasteiger partial charge in [-0.25, -0.2) is 0 Å². The molecular formula is C19H27ClN2O2. The van der Waals surface area contributed by atoms with Crippen molar-refractivity contribution in [3.8, 4) is 0 Å². The van der Waals surface area contributed by atoms with Crippen LogP contribution in [0.3, 0.4) is 0 Å². The molecule has 132 valence electrons. The van der Waals surface area contributed by atoms with E-state index in [-0.39, 0.29) is 18.2 Å². The van der Waals surface area contributed by atoms with E-state index in [9.17, 15) is 0 Å². The average molecular weight is 351 g/mol. The van der Waals surface area contributed by atoms with Crippen LogP contribution in [0.5, 0.6) is 0 Å². The maximum Gasteiger partial charge on any atom is 0.132 e. The summed E-state index contributed by atoms with van der Waals surface area (Å²) < 4.78 is 5.87. The summed E-state index contributed by atoms with van der Waals surface area (Å²) in [6.45, 7) is 6.99. The predicted octanol–water partition coefficient (Wildman–Crippen LogP) is 4.07. The molecule has 1 aromatic carbocycles. The zero-order valence-corrected chi connectivity index (χ0v) is 15.5. The first-order valence-corrected chi connectivity index (χ1v) is 8.79. The van der Waals surface area contributed by atoms with E-state index in [4.69, 9.17) is 21.4 Å². The molecule has 0 radical (unpaired) electrons. The Labute approximate surface area is 149 Å². The van der Waals surface area contributed by atoms with Crippen LogP contribution >= 0.6 is 11.6 Å². The summed E-state index contributed by atoms with van der Waals surface area (Å²) in [6, 6.07) is 8.38. The average Bonchev–Trinajstić information content (AvgIpc) is 2.54. The van der Waals surface area contributed by atoms with Crippen LogP contribution in [0.4, 0.5) is 0 Å². The van der Waals surface area contributed by atoms with Gasteiger partial charge in [0.2, 0.25) is 0 Å². The third-order valence-corrected chi connectivity index (χ3v) is 4.17. The maximum absolute atomic E-state index is 8.82. The second kappa shape index (κ2) is 8.65. The standard InChI is InChI=1S/C19H27ClN2O2/c1-19(2,3)22-13-17(20)18(12-21-22)24-14-16-9-7-15(8-10-16)6-4-5-11-23/h7-10,12-13,18,23H,4-6,11,14H2,1-3H3. The number of aliphatic hydroxyl groups is 1. The number of ether oxygens (including phenoxy) is 1. The minimum absolute atomic E-state index is 0.104. The van der Waals surface area contributed by atoms with Gasteiger partial charge in [0.05, 0.1) is 23.4 Å². The molecule has 2 rings (SSSR count). The summed E-state index contributed by atoms with van der Waals surface area (Å²) in [7, 11) is 0. The molecule has 4 nitrogen and oxygen atoms in total. The van der Waals surface area contributed by atoms with E-state index in [0.29, 0.717) is 11.6 Å². The van der Waals surface area contributed by atoms with Gasteiger partial charge in [-0.2, -0.15) is 5.10 Å². The Bertz CT molecular complexity index is 576. The van der Waals surface area contributed by atoms with E-state index >= 15 is 0 Å². The molecule has 0 spiro atoms. The molecule has 1 aliphatic heterocycles. The van der Waals surface area contributed by atoms with Gasteiger partial charge in [-0.05, 0) is 51.2 Å². The van der Waals surface area contributed by atoms with Gasteiger partial charge in [0.1, 0.15) is 6.10 Å². The van der Waals surface area contributed by atoms with Crippen molar-refractivity contribution in [1.29, 1.82) is 0 Å². The lowest BCUT2D eigenvalue weighted by atomic mass is 10.1. The monoisotopic (exact) mass is 350 g/mol. The molecule has 0 saturated heterocycles. The number of aryl methyl sites for hydroxylation is 1. The molecule has 5 heteroatoms. The van der Waals surface area contributed by atoms with Crippen molar-refractivity contribution in [2.45, 2.75) is 58.3 Å². The number of halogens is 1. The number of hydrazone groups is 1.